The highest BCUT2D eigenvalue weighted by atomic mass is 35.5. The van der Waals surface area contributed by atoms with Crippen molar-refractivity contribution in [3.05, 3.63) is 28.8 Å². The molecule has 0 atom stereocenters. The van der Waals surface area contributed by atoms with Crippen molar-refractivity contribution in [1.82, 2.24) is 5.32 Å². The summed E-state index contributed by atoms with van der Waals surface area (Å²) >= 11 is 5.99. The van der Waals surface area contributed by atoms with Gasteiger partial charge in [0.15, 0.2) is 0 Å². The molecule has 0 saturated heterocycles. The molecule has 1 aliphatic carbocycles. The van der Waals surface area contributed by atoms with Crippen molar-refractivity contribution in [3.63, 3.8) is 0 Å². The molecule has 0 spiro atoms. The van der Waals surface area contributed by atoms with Crippen LogP contribution in [0.2, 0.25) is 5.02 Å². The molecule has 3 heteroatoms. The maximum Gasteiger partial charge on any atom is 0.0638 e. The second-order valence-corrected chi connectivity index (χ2v) is 5.38. The Labute approximate surface area is 102 Å². The van der Waals surface area contributed by atoms with Crippen LogP contribution in [0.15, 0.2) is 18.2 Å². The summed E-state index contributed by atoms with van der Waals surface area (Å²) < 4.78 is 0. The Hall–Kier alpha value is -0.730. The fraction of sp³-hybridized carbons (Fsp3) is 0.538. The molecular formula is C13H19ClN2. The molecule has 0 aliphatic heterocycles. The number of nitrogens with one attached hydrogen (secondary N) is 1. The van der Waals surface area contributed by atoms with Crippen LogP contribution in [-0.2, 0) is 6.54 Å². The maximum atomic E-state index is 5.99. The molecule has 1 aromatic rings. The predicted octanol–water partition coefficient (Wildman–Crippen LogP) is 3.34. The first kappa shape index (κ1) is 11.7. The topological polar surface area (TPSA) is 38.0 Å². The van der Waals surface area contributed by atoms with E-state index in [1.807, 2.05) is 18.2 Å². The lowest BCUT2D eigenvalue weighted by Crippen LogP contribution is -2.38. The average Bonchev–Trinajstić information content (AvgIpc) is 2.68. The zero-order valence-electron chi connectivity index (χ0n) is 9.72. The van der Waals surface area contributed by atoms with E-state index in [2.05, 4.69) is 12.2 Å². The first-order valence-corrected chi connectivity index (χ1v) is 6.26. The van der Waals surface area contributed by atoms with Gasteiger partial charge in [0.05, 0.1) is 10.7 Å². The molecule has 1 aromatic carbocycles. The highest BCUT2D eigenvalue weighted by Crippen LogP contribution is 2.29. The van der Waals surface area contributed by atoms with Crippen molar-refractivity contribution in [2.75, 3.05) is 5.73 Å². The Balaban J connectivity index is 1.96. The third-order valence-corrected chi connectivity index (χ3v) is 3.82. The van der Waals surface area contributed by atoms with Crippen LogP contribution in [0.3, 0.4) is 0 Å². The predicted molar refractivity (Wildman–Crippen MR) is 69.6 cm³/mol. The first-order valence-electron chi connectivity index (χ1n) is 5.88. The SMILES string of the molecule is CC1(NCc2ccc(N)c(Cl)c2)CCCC1. The molecule has 0 aromatic heterocycles. The summed E-state index contributed by atoms with van der Waals surface area (Å²) in [5.74, 6) is 0. The number of halogens is 1. The zero-order chi connectivity index (χ0) is 11.6. The van der Waals surface area contributed by atoms with Crippen LogP contribution in [0.25, 0.3) is 0 Å². The van der Waals surface area contributed by atoms with E-state index >= 15 is 0 Å². The lowest BCUT2D eigenvalue weighted by Gasteiger charge is -2.25. The second-order valence-electron chi connectivity index (χ2n) is 4.98. The van der Waals surface area contributed by atoms with E-state index in [1.54, 1.807) is 0 Å². The van der Waals surface area contributed by atoms with Crippen LogP contribution in [0.4, 0.5) is 5.69 Å². The van der Waals surface area contributed by atoms with Gasteiger partial charge < -0.3 is 11.1 Å². The molecule has 0 amide bonds. The first-order chi connectivity index (χ1) is 7.59. The molecular weight excluding hydrogens is 220 g/mol. The highest BCUT2D eigenvalue weighted by molar-refractivity contribution is 6.33. The van der Waals surface area contributed by atoms with E-state index in [1.165, 1.54) is 31.2 Å². The van der Waals surface area contributed by atoms with Gasteiger partial charge in [-0.15, -0.1) is 0 Å². The van der Waals surface area contributed by atoms with Gasteiger partial charge in [0, 0.05) is 12.1 Å². The minimum Gasteiger partial charge on any atom is -0.398 e. The van der Waals surface area contributed by atoms with Gasteiger partial charge in [-0.2, -0.15) is 0 Å². The van der Waals surface area contributed by atoms with Gasteiger partial charge in [-0.1, -0.05) is 30.5 Å². The van der Waals surface area contributed by atoms with Gasteiger partial charge >= 0.3 is 0 Å². The van der Waals surface area contributed by atoms with Crippen molar-refractivity contribution in [2.24, 2.45) is 0 Å². The Morgan fingerprint density at radius 2 is 2.06 bits per heavy atom. The van der Waals surface area contributed by atoms with E-state index in [-0.39, 0.29) is 0 Å². The monoisotopic (exact) mass is 238 g/mol. The van der Waals surface area contributed by atoms with Crippen LogP contribution in [0, 0.1) is 0 Å². The second kappa shape index (κ2) is 4.64. The standard InChI is InChI=1S/C13H19ClN2/c1-13(6-2-3-7-13)16-9-10-4-5-12(15)11(14)8-10/h4-5,8,16H,2-3,6-7,9,15H2,1H3. The Morgan fingerprint density at radius 1 is 1.38 bits per heavy atom. The van der Waals surface area contributed by atoms with E-state index < -0.39 is 0 Å². The van der Waals surface area contributed by atoms with Gasteiger partial charge in [0.25, 0.3) is 0 Å². The Bertz CT molecular complexity index is 370. The summed E-state index contributed by atoms with van der Waals surface area (Å²) in [4.78, 5) is 0. The smallest absolute Gasteiger partial charge is 0.0638 e. The van der Waals surface area contributed by atoms with Gasteiger partial charge in [-0.05, 0) is 37.5 Å². The summed E-state index contributed by atoms with van der Waals surface area (Å²) in [5.41, 5.74) is 7.85. The van der Waals surface area contributed by atoms with Crippen molar-refractivity contribution < 1.29 is 0 Å². The largest absolute Gasteiger partial charge is 0.398 e. The minimum absolute atomic E-state index is 0.313. The van der Waals surface area contributed by atoms with Crippen molar-refractivity contribution in [2.45, 2.75) is 44.7 Å². The normalized spacial score (nSPS) is 18.9. The third kappa shape index (κ3) is 2.69. The van der Waals surface area contributed by atoms with Crippen LogP contribution >= 0.6 is 11.6 Å². The summed E-state index contributed by atoms with van der Waals surface area (Å²) in [7, 11) is 0. The quantitative estimate of drug-likeness (QED) is 0.793. The van der Waals surface area contributed by atoms with Crippen molar-refractivity contribution in [3.8, 4) is 0 Å². The maximum absolute atomic E-state index is 5.99. The van der Waals surface area contributed by atoms with E-state index in [0.29, 0.717) is 16.2 Å². The number of nitrogen functional groups attached to an aromatic ring is 1. The molecule has 1 fully saturated rings. The molecule has 1 aliphatic rings. The van der Waals surface area contributed by atoms with E-state index in [9.17, 15) is 0 Å². The summed E-state index contributed by atoms with van der Waals surface area (Å²) in [6.45, 7) is 3.18. The van der Waals surface area contributed by atoms with Gasteiger partial charge in [0.2, 0.25) is 0 Å². The molecule has 0 radical (unpaired) electrons. The zero-order valence-corrected chi connectivity index (χ0v) is 10.5. The molecule has 0 bridgehead atoms. The van der Waals surface area contributed by atoms with Crippen LogP contribution in [0.1, 0.15) is 38.2 Å². The number of hydrogen-bond donors (Lipinski definition) is 2. The summed E-state index contributed by atoms with van der Waals surface area (Å²) in [6, 6.07) is 5.85. The third-order valence-electron chi connectivity index (χ3n) is 3.49. The Morgan fingerprint density at radius 3 is 2.69 bits per heavy atom. The van der Waals surface area contributed by atoms with Gasteiger partial charge in [0.1, 0.15) is 0 Å². The lowest BCUT2D eigenvalue weighted by molar-refractivity contribution is 0.363. The van der Waals surface area contributed by atoms with Gasteiger partial charge in [-0.25, -0.2) is 0 Å². The van der Waals surface area contributed by atoms with Crippen molar-refractivity contribution >= 4 is 17.3 Å². The van der Waals surface area contributed by atoms with Crippen LogP contribution < -0.4 is 11.1 Å². The average molecular weight is 239 g/mol. The Kier molecular flexibility index (Phi) is 3.41. The van der Waals surface area contributed by atoms with Crippen LogP contribution in [0.5, 0.6) is 0 Å². The van der Waals surface area contributed by atoms with Crippen molar-refractivity contribution in [1.29, 1.82) is 0 Å². The molecule has 88 valence electrons. The molecule has 0 unspecified atom stereocenters. The molecule has 2 nitrogen and oxygen atoms in total. The molecule has 16 heavy (non-hydrogen) atoms. The number of hydrogen-bond acceptors (Lipinski definition) is 2. The molecule has 1 saturated carbocycles. The van der Waals surface area contributed by atoms with E-state index in [4.69, 9.17) is 17.3 Å². The fourth-order valence-electron chi connectivity index (χ4n) is 2.33. The summed E-state index contributed by atoms with van der Waals surface area (Å²) in [5, 5.41) is 4.27. The molecule has 2 rings (SSSR count). The number of anilines is 1. The lowest BCUT2D eigenvalue weighted by atomic mass is 10.0. The van der Waals surface area contributed by atoms with Crippen LogP contribution in [-0.4, -0.2) is 5.54 Å². The fourth-order valence-corrected chi connectivity index (χ4v) is 2.53. The summed E-state index contributed by atoms with van der Waals surface area (Å²) in [6.07, 6.45) is 5.23. The number of benzene rings is 1. The van der Waals surface area contributed by atoms with Gasteiger partial charge in [-0.3, -0.25) is 0 Å². The number of nitrogens with two attached hydrogens (primary N) is 1. The molecule has 3 N–H and O–H groups in total. The molecule has 0 heterocycles. The minimum atomic E-state index is 0.313. The van der Waals surface area contributed by atoms with E-state index in [0.717, 1.165) is 6.54 Å². The highest BCUT2D eigenvalue weighted by Gasteiger charge is 2.27. The number of rotatable bonds is 3.